The van der Waals surface area contributed by atoms with Crippen LogP contribution in [0.1, 0.15) is 39.6 Å². The summed E-state index contributed by atoms with van der Waals surface area (Å²) in [5.41, 5.74) is 1.89. The normalized spacial score (nSPS) is 10.1. The first-order valence-electron chi connectivity index (χ1n) is 7.82. The van der Waals surface area contributed by atoms with Crippen LogP contribution in [0.3, 0.4) is 0 Å². The molecule has 2 aromatic rings. The Morgan fingerprint density at radius 1 is 0.958 bits per heavy atom. The fourth-order valence-corrected chi connectivity index (χ4v) is 2.08. The molecule has 2 rings (SSSR count). The fraction of sp³-hybridized carbons (Fsp3) is 0.263. The zero-order valence-corrected chi connectivity index (χ0v) is 13.9. The minimum Gasteiger partial charge on any atom is -0.494 e. The Morgan fingerprint density at radius 2 is 1.58 bits per heavy atom. The molecule has 0 aliphatic heterocycles. The first-order valence-corrected chi connectivity index (χ1v) is 7.82. The first-order chi connectivity index (χ1) is 11.6. The van der Waals surface area contributed by atoms with Crippen molar-refractivity contribution < 1.29 is 19.1 Å². The van der Waals surface area contributed by atoms with Crippen LogP contribution in [0, 0.1) is 0 Å². The van der Waals surface area contributed by atoms with Gasteiger partial charge in [0.15, 0.2) is 0 Å². The summed E-state index contributed by atoms with van der Waals surface area (Å²) in [6, 6.07) is 14.0. The van der Waals surface area contributed by atoms with Crippen LogP contribution in [0.25, 0.3) is 0 Å². The molecule has 5 nitrogen and oxygen atoms in total. The predicted octanol–water partition coefficient (Wildman–Crippen LogP) is 3.19. The van der Waals surface area contributed by atoms with Crippen molar-refractivity contribution in [3.05, 3.63) is 65.2 Å². The van der Waals surface area contributed by atoms with E-state index in [0.29, 0.717) is 24.3 Å². The van der Waals surface area contributed by atoms with E-state index >= 15 is 0 Å². The van der Waals surface area contributed by atoms with Crippen molar-refractivity contribution in [3.63, 3.8) is 0 Å². The van der Waals surface area contributed by atoms with Gasteiger partial charge >= 0.3 is 5.97 Å². The second-order valence-electron chi connectivity index (χ2n) is 5.24. The highest BCUT2D eigenvalue weighted by atomic mass is 16.5. The molecule has 0 aromatic heterocycles. The minimum absolute atomic E-state index is 0.197. The molecule has 5 heteroatoms. The molecule has 0 atom stereocenters. The first kappa shape index (κ1) is 17.5. The second kappa shape index (κ2) is 8.72. The molecule has 0 spiro atoms. The van der Waals surface area contributed by atoms with Gasteiger partial charge in [0.05, 0.1) is 19.3 Å². The molecule has 0 aliphatic rings. The van der Waals surface area contributed by atoms with E-state index in [1.807, 2.05) is 24.3 Å². The Bertz CT molecular complexity index is 678. The van der Waals surface area contributed by atoms with Gasteiger partial charge in [-0.1, -0.05) is 19.1 Å². The summed E-state index contributed by atoms with van der Waals surface area (Å²) >= 11 is 0. The van der Waals surface area contributed by atoms with Gasteiger partial charge in [0.25, 0.3) is 5.91 Å². The number of hydrogen-bond acceptors (Lipinski definition) is 4. The van der Waals surface area contributed by atoms with Crippen LogP contribution in [0.5, 0.6) is 5.75 Å². The number of carbonyl (C=O) groups is 2. The van der Waals surface area contributed by atoms with Crippen molar-refractivity contribution in [3.8, 4) is 5.75 Å². The molecule has 0 aliphatic carbocycles. The maximum atomic E-state index is 12.1. The lowest BCUT2D eigenvalue weighted by atomic mass is 10.1. The van der Waals surface area contributed by atoms with Gasteiger partial charge in [0, 0.05) is 12.1 Å². The standard InChI is InChI=1S/C19H21NO4/c1-3-12-24-17-10-4-14(5-11-17)13-20-18(21)15-6-8-16(9-7-15)19(22)23-2/h4-11H,3,12-13H2,1-2H3,(H,20,21). The predicted molar refractivity (Wildman–Crippen MR) is 91.2 cm³/mol. The zero-order chi connectivity index (χ0) is 17.4. The van der Waals surface area contributed by atoms with Crippen LogP contribution in [0.4, 0.5) is 0 Å². The highest BCUT2D eigenvalue weighted by Crippen LogP contribution is 2.12. The van der Waals surface area contributed by atoms with Gasteiger partial charge in [-0.05, 0) is 48.4 Å². The number of rotatable bonds is 7. The summed E-state index contributed by atoms with van der Waals surface area (Å²) in [6.07, 6.45) is 0.965. The van der Waals surface area contributed by atoms with Gasteiger partial charge in [-0.2, -0.15) is 0 Å². The average molecular weight is 327 g/mol. The average Bonchev–Trinajstić information content (AvgIpc) is 2.64. The Kier molecular flexibility index (Phi) is 6.37. The molecule has 0 unspecified atom stereocenters. The molecule has 0 bridgehead atoms. The van der Waals surface area contributed by atoms with Crippen molar-refractivity contribution in [2.45, 2.75) is 19.9 Å². The highest BCUT2D eigenvalue weighted by molar-refractivity contribution is 5.96. The molecule has 0 saturated heterocycles. The number of esters is 1. The molecule has 0 saturated carbocycles. The van der Waals surface area contributed by atoms with E-state index in [1.165, 1.54) is 7.11 Å². The van der Waals surface area contributed by atoms with Crippen LogP contribution in [0.15, 0.2) is 48.5 Å². The third-order valence-electron chi connectivity index (χ3n) is 3.42. The van der Waals surface area contributed by atoms with E-state index < -0.39 is 5.97 Å². The molecule has 1 N–H and O–H groups in total. The van der Waals surface area contributed by atoms with E-state index in [4.69, 9.17) is 4.74 Å². The molecule has 0 heterocycles. The summed E-state index contributed by atoms with van der Waals surface area (Å²) < 4.78 is 10.1. The molecule has 1 amide bonds. The highest BCUT2D eigenvalue weighted by Gasteiger charge is 2.08. The van der Waals surface area contributed by atoms with Gasteiger partial charge in [-0.3, -0.25) is 4.79 Å². The lowest BCUT2D eigenvalue weighted by Gasteiger charge is -2.08. The Balaban J connectivity index is 1.89. The second-order valence-corrected chi connectivity index (χ2v) is 5.24. The topological polar surface area (TPSA) is 64.6 Å². The molecule has 0 fully saturated rings. The molecule has 126 valence electrons. The number of nitrogens with one attached hydrogen (secondary N) is 1. The van der Waals surface area contributed by atoms with Crippen molar-refractivity contribution >= 4 is 11.9 Å². The monoisotopic (exact) mass is 327 g/mol. The zero-order valence-electron chi connectivity index (χ0n) is 13.9. The third kappa shape index (κ3) is 4.84. The van der Waals surface area contributed by atoms with Gasteiger partial charge in [0.1, 0.15) is 5.75 Å². The van der Waals surface area contributed by atoms with Crippen molar-refractivity contribution in [2.24, 2.45) is 0 Å². The Morgan fingerprint density at radius 3 is 2.17 bits per heavy atom. The van der Waals surface area contributed by atoms with Crippen molar-refractivity contribution in [1.82, 2.24) is 5.32 Å². The van der Waals surface area contributed by atoms with Crippen molar-refractivity contribution in [2.75, 3.05) is 13.7 Å². The maximum absolute atomic E-state index is 12.1. The molecule has 0 radical (unpaired) electrons. The van der Waals surface area contributed by atoms with E-state index in [2.05, 4.69) is 17.0 Å². The SMILES string of the molecule is CCCOc1ccc(CNC(=O)c2ccc(C(=O)OC)cc2)cc1. The molecule has 24 heavy (non-hydrogen) atoms. The number of benzene rings is 2. The quantitative estimate of drug-likeness (QED) is 0.793. The third-order valence-corrected chi connectivity index (χ3v) is 3.42. The van der Waals surface area contributed by atoms with Gasteiger partial charge in [-0.25, -0.2) is 4.79 Å². The van der Waals surface area contributed by atoms with Crippen molar-refractivity contribution in [1.29, 1.82) is 0 Å². The molecular formula is C19H21NO4. The van der Waals surface area contributed by atoms with Crippen LogP contribution >= 0.6 is 0 Å². The van der Waals surface area contributed by atoms with Crippen LogP contribution in [-0.4, -0.2) is 25.6 Å². The van der Waals surface area contributed by atoms with Crippen LogP contribution in [0.2, 0.25) is 0 Å². The molecule has 2 aromatic carbocycles. The molecular weight excluding hydrogens is 306 g/mol. The summed E-state index contributed by atoms with van der Waals surface area (Å²) in [4.78, 5) is 23.5. The van der Waals surface area contributed by atoms with E-state index in [1.54, 1.807) is 24.3 Å². The van der Waals surface area contributed by atoms with E-state index in [0.717, 1.165) is 17.7 Å². The number of hydrogen-bond donors (Lipinski definition) is 1. The lowest BCUT2D eigenvalue weighted by Crippen LogP contribution is -2.22. The number of methoxy groups -OCH3 is 1. The fourth-order valence-electron chi connectivity index (χ4n) is 2.08. The number of amides is 1. The summed E-state index contributed by atoms with van der Waals surface area (Å²) in [6.45, 7) is 3.17. The summed E-state index contributed by atoms with van der Waals surface area (Å²) in [5, 5.41) is 2.84. The maximum Gasteiger partial charge on any atom is 0.337 e. The van der Waals surface area contributed by atoms with Gasteiger partial charge in [0.2, 0.25) is 0 Å². The minimum atomic E-state index is -0.424. The van der Waals surface area contributed by atoms with Crippen LogP contribution in [-0.2, 0) is 11.3 Å². The summed E-state index contributed by atoms with van der Waals surface area (Å²) in [5.74, 6) is 0.204. The Labute approximate surface area is 141 Å². The largest absolute Gasteiger partial charge is 0.494 e. The summed E-state index contributed by atoms with van der Waals surface area (Å²) in [7, 11) is 1.32. The van der Waals surface area contributed by atoms with E-state index in [-0.39, 0.29) is 5.91 Å². The number of ether oxygens (including phenoxy) is 2. The van der Waals surface area contributed by atoms with Gasteiger partial charge < -0.3 is 14.8 Å². The van der Waals surface area contributed by atoms with Gasteiger partial charge in [-0.15, -0.1) is 0 Å². The lowest BCUT2D eigenvalue weighted by molar-refractivity contribution is 0.0600. The van der Waals surface area contributed by atoms with Crippen LogP contribution < -0.4 is 10.1 Å². The smallest absolute Gasteiger partial charge is 0.337 e. The Hall–Kier alpha value is -2.82. The van der Waals surface area contributed by atoms with E-state index in [9.17, 15) is 9.59 Å². The number of carbonyl (C=O) groups excluding carboxylic acids is 2.